The molecule has 5 nitrogen and oxygen atoms in total. The summed E-state index contributed by atoms with van der Waals surface area (Å²) < 4.78 is 10.8. The fourth-order valence-corrected chi connectivity index (χ4v) is 2.95. The van der Waals surface area contributed by atoms with Gasteiger partial charge in [0.25, 0.3) is 0 Å². The minimum atomic E-state index is 0. The second kappa shape index (κ2) is 10.5. The van der Waals surface area contributed by atoms with Crippen LogP contribution in [0.15, 0.2) is 52.1 Å². The summed E-state index contributed by atoms with van der Waals surface area (Å²) in [7, 11) is 1.84. The van der Waals surface area contributed by atoms with Crippen molar-refractivity contribution in [1.82, 2.24) is 10.2 Å². The Hall–Kier alpha value is -1.54. The van der Waals surface area contributed by atoms with E-state index in [1.165, 1.54) is 11.1 Å². The predicted molar refractivity (Wildman–Crippen MR) is 110 cm³/mol. The van der Waals surface area contributed by atoms with Gasteiger partial charge in [0.15, 0.2) is 5.96 Å². The van der Waals surface area contributed by atoms with Gasteiger partial charge in [0, 0.05) is 33.3 Å². The van der Waals surface area contributed by atoms with E-state index in [0.717, 1.165) is 44.2 Å². The monoisotopic (exact) mass is 455 g/mol. The molecule has 1 aliphatic heterocycles. The zero-order valence-electron chi connectivity index (χ0n) is 14.6. The van der Waals surface area contributed by atoms with Gasteiger partial charge in [-0.2, -0.15) is 0 Å². The van der Waals surface area contributed by atoms with Crippen LogP contribution in [-0.4, -0.2) is 37.6 Å². The van der Waals surface area contributed by atoms with Crippen LogP contribution in [0.1, 0.15) is 23.3 Å². The summed E-state index contributed by atoms with van der Waals surface area (Å²) in [5.74, 6) is 1.83. The number of fused-ring (bicyclic) bond motifs is 1. The second-order valence-electron chi connectivity index (χ2n) is 5.90. The standard InChI is InChI=1S/C19H25N3O2.HI/c1-20-19(21-10-5-12-23-15-18-8-4-13-24-18)22-11-9-16-6-2-3-7-17(16)14-22;/h2-4,6-8,13H,5,9-12,14-15H2,1H3,(H,20,21);1H. The quantitative estimate of drug-likeness (QED) is 0.314. The molecule has 1 aromatic heterocycles. The summed E-state index contributed by atoms with van der Waals surface area (Å²) >= 11 is 0. The van der Waals surface area contributed by atoms with Gasteiger partial charge in [-0.15, -0.1) is 24.0 Å². The van der Waals surface area contributed by atoms with Gasteiger partial charge < -0.3 is 19.4 Å². The maximum absolute atomic E-state index is 5.60. The first-order chi connectivity index (χ1) is 11.9. The average Bonchev–Trinajstić information content (AvgIpc) is 3.14. The maximum atomic E-state index is 5.60. The number of guanidine groups is 1. The molecule has 1 N–H and O–H groups in total. The number of ether oxygens (including phenoxy) is 1. The zero-order chi connectivity index (χ0) is 16.6. The highest BCUT2D eigenvalue weighted by atomic mass is 127. The van der Waals surface area contributed by atoms with E-state index in [9.17, 15) is 0 Å². The Morgan fingerprint density at radius 1 is 1.24 bits per heavy atom. The van der Waals surface area contributed by atoms with Crippen LogP contribution in [0.4, 0.5) is 0 Å². The Morgan fingerprint density at radius 3 is 2.84 bits per heavy atom. The molecule has 1 aromatic carbocycles. The van der Waals surface area contributed by atoms with E-state index < -0.39 is 0 Å². The first kappa shape index (κ1) is 19.8. The lowest BCUT2D eigenvalue weighted by Crippen LogP contribution is -2.44. The van der Waals surface area contributed by atoms with E-state index in [1.807, 2.05) is 19.2 Å². The summed E-state index contributed by atoms with van der Waals surface area (Å²) in [4.78, 5) is 6.73. The Bertz CT molecular complexity index is 658. The average molecular weight is 455 g/mol. The SMILES string of the molecule is CN=C(NCCCOCc1ccco1)N1CCc2ccccc2C1.I. The molecule has 25 heavy (non-hydrogen) atoms. The molecule has 0 bridgehead atoms. The van der Waals surface area contributed by atoms with Crippen molar-refractivity contribution in [3.8, 4) is 0 Å². The highest BCUT2D eigenvalue weighted by molar-refractivity contribution is 14.0. The lowest BCUT2D eigenvalue weighted by molar-refractivity contribution is 0.104. The summed E-state index contributed by atoms with van der Waals surface area (Å²) in [6, 6.07) is 12.4. The van der Waals surface area contributed by atoms with Crippen molar-refractivity contribution in [3.63, 3.8) is 0 Å². The van der Waals surface area contributed by atoms with Crippen LogP contribution in [0.2, 0.25) is 0 Å². The third kappa shape index (κ3) is 5.74. The topological polar surface area (TPSA) is 50.0 Å². The molecule has 0 fully saturated rings. The molecule has 0 atom stereocenters. The van der Waals surface area contributed by atoms with Crippen molar-refractivity contribution in [2.45, 2.75) is 26.0 Å². The molecule has 2 heterocycles. The number of nitrogens with one attached hydrogen (secondary N) is 1. The second-order valence-corrected chi connectivity index (χ2v) is 5.90. The Balaban J connectivity index is 0.00000225. The third-order valence-corrected chi connectivity index (χ3v) is 4.21. The first-order valence-electron chi connectivity index (χ1n) is 8.49. The van der Waals surface area contributed by atoms with E-state index in [-0.39, 0.29) is 24.0 Å². The van der Waals surface area contributed by atoms with Gasteiger partial charge >= 0.3 is 0 Å². The van der Waals surface area contributed by atoms with Gasteiger partial charge in [0.1, 0.15) is 12.4 Å². The van der Waals surface area contributed by atoms with Crippen molar-refractivity contribution in [1.29, 1.82) is 0 Å². The van der Waals surface area contributed by atoms with Crippen LogP contribution in [0.5, 0.6) is 0 Å². The lowest BCUT2D eigenvalue weighted by atomic mass is 10.0. The van der Waals surface area contributed by atoms with Gasteiger partial charge in [-0.1, -0.05) is 24.3 Å². The molecule has 3 rings (SSSR count). The van der Waals surface area contributed by atoms with Crippen molar-refractivity contribution in [3.05, 3.63) is 59.5 Å². The minimum Gasteiger partial charge on any atom is -0.467 e. The minimum absolute atomic E-state index is 0. The van der Waals surface area contributed by atoms with Gasteiger partial charge in [-0.05, 0) is 36.1 Å². The number of rotatable bonds is 6. The highest BCUT2D eigenvalue weighted by Gasteiger charge is 2.18. The Labute approximate surface area is 166 Å². The van der Waals surface area contributed by atoms with Gasteiger partial charge in [0.2, 0.25) is 0 Å². The van der Waals surface area contributed by atoms with Gasteiger partial charge in [-0.3, -0.25) is 4.99 Å². The first-order valence-corrected chi connectivity index (χ1v) is 8.49. The van der Waals surface area contributed by atoms with E-state index in [0.29, 0.717) is 13.2 Å². The van der Waals surface area contributed by atoms with Crippen molar-refractivity contribution >= 4 is 29.9 Å². The van der Waals surface area contributed by atoms with Crippen LogP contribution >= 0.6 is 24.0 Å². The number of aliphatic imine (C=N–C) groups is 1. The van der Waals surface area contributed by atoms with E-state index >= 15 is 0 Å². The van der Waals surface area contributed by atoms with Crippen LogP contribution in [0.3, 0.4) is 0 Å². The third-order valence-electron chi connectivity index (χ3n) is 4.21. The van der Waals surface area contributed by atoms with Crippen LogP contribution < -0.4 is 5.32 Å². The maximum Gasteiger partial charge on any atom is 0.193 e. The molecule has 0 spiro atoms. The van der Waals surface area contributed by atoms with E-state index in [2.05, 4.69) is 39.5 Å². The number of nitrogens with zero attached hydrogens (tertiary/aromatic N) is 2. The van der Waals surface area contributed by atoms with E-state index in [4.69, 9.17) is 9.15 Å². The smallest absolute Gasteiger partial charge is 0.193 e. The zero-order valence-corrected chi connectivity index (χ0v) is 16.9. The van der Waals surface area contributed by atoms with Crippen LogP contribution in [0, 0.1) is 0 Å². The summed E-state index contributed by atoms with van der Waals surface area (Å²) in [5.41, 5.74) is 2.85. The fraction of sp³-hybridized carbons (Fsp3) is 0.421. The Kier molecular flexibility index (Phi) is 8.27. The predicted octanol–water partition coefficient (Wildman–Crippen LogP) is 3.44. The molecule has 1 aliphatic rings. The highest BCUT2D eigenvalue weighted by Crippen LogP contribution is 2.18. The molecule has 0 saturated carbocycles. The lowest BCUT2D eigenvalue weighted by Gasteiger charge is -2.31. The molecule has 6 heteroatoms. The molecule has 136 valence electrons. The molecule has 0 aliphatic carbocycles. The van der Waals surface area contributed by atoms with Crippen molar-refractivity contribution < 1.29 is 9.15 Å². The molecular weight excluding hydrogens is 429 g/mol. The molecule has 0 radical (unpaired) electrons. The number of halogens is 1. The number of benzene rings is 1. The van der Waals surface area contributed by atoms with Crippen molar-refractivity contribution in [2.24, 2.45) is 4.99 Å². The summed E-state index contributed by atoms with van der Waals surface area (Å²) in [5, 5.41) is 3.44. The largest absolute Gasteiger partial charge is 0.467 e. The normalized spacial score (nSPS) is 14.0. The summed E-state index contributed by atoms with van der Waals surface area (Å²) in [6.07, 6.45) is 3.67. The molecular formula is C19H26IN3O2. The fourth-order valence-electron chi connectivity index (χ4n) is 2.95. The molecule has 0 amide bonds. The molecule has 0 unspecified atom stereocenters. The Morgan fingerprint density at radius 2 is 2.08 bits per heavy atom. The molecule has 2 aromatic rings. The van der Waals surface area contributed by atoms with Crippen molar-refractivity contribution in [2.75, 3.05) is 26.7 Å². The van der Waals surface area contributed by atoms with Gasteiger partial charge in [0.05, 0.1) is 6.26 Å². The van der Waals surface area contributed by atoms with Crippen LogP contribution in [0.25, 0.3) is 0 Å². The number of hydrogen-bond donors (Lipinski definition) is 1. The summed E-state index contributed by atoms with van der Waals surface area (Å²) in [6.45, 7) is 4.01. The number of hydrogen-bond acceptors (Lipinski definition) is 3. The molecule has 0 saturated heterocycles. The van der Waals surface area contributed by atoms with Crippen LogP contribution in [-0.2, 0) is 24.3 Å². The van der Waals surface area contributed by atoms with Gasteiger partial charge in [-0.25, -0.2) is 0 Å². The number of furan rings is 1. The van der Waals surface area contributed by atoms with E-state index in [1.54, 1.807) is 6.26 Å².